The molecule has 6 aromatic rings. The number of aliphatic hydroxyl groups excluding tert-OH is 1. The number of carbonyl (C=O) groups is 1. The molecule has 0 aromatic carbocycles. The smallest absolute Gasteiger partial charge is 0.169 e. The third-order valence-corrected chi connectivity index (χ3v) is 7.25. The summed E-state index contributed by atoms with van der Waals surface area (Å²) in [5.41, 5.74) is 5.89. The lowest BCUT2D eigenvalue weighted by atomic mass is 10.1. The number of fused-ring (bicyclic) bond motifs is 2. The van der Waals surface area contributed by atoms with Crippen molar-refractivity contribution >= 4 is 45.0 Å². The summed E-state index contributed by atoms with van der Waals surface area (Å²) in [6.07, 6.45) is 6.83. The molecule has 11 heteroatoms. The van der Waals surface area contributed by atoms with Gasteiger partial charge in [-0.15, -0.1) is 11.3 Å². The second kappa shape index (κ2) is 9.19. The number of nitrogens with one attached hydrogen (secondary N) is 3. The predicted octanol–water partition coefficient (Wildman–Crippen LogP) is 5.03. The fourth-order valence-corrected chi connectivity index (χ4v) is 5.03. The van der Waals surface area contributed by atoms with E-state index in [1.807, 2.05) is 37.3 Å². The number of aliphatic hydroxyl groups is 1. The van der Waals surface area contributed by atoms with Crippen LogP contribution < -0.4 is 5.32 Å². The van der Waals surface area contributed by atoms with Crippen LogP contribution in [-0.4, -0.2) is 52.2 Å². The third kappa shape index (κ3) is 4.24. The van der Waals surface area contributed by atoms with E-state index >= 15 is 0 Å². The Morgan fingerprint density at radius 3 is 2.78 bits per heavy atom. The average Bonchev–Trinajstić information content (AvgIpc) is 3.66. The van der Waals surface area contributed by atoms with Crippen LogP contribution in [0.2, 0.25) is 0 Å². The third-order valence-electron chi connectivity index (χ3n) is 6.04. The summed E-state index contributed by atoms with van der Waals surface area (Å²) in [4.78, 5) is 34.9. The normalized spacial score (nSPS) is 12.3. The van der Waals surface area contributed by atoms with Crippen LogP contribution in [0.25, 0.3) is 55.3 Å². The number of H-pyrrole nitrogens is 2. The SMILES string of the molecule is CCC(O)Nc1cncc(-c2cnc3[nH]nc(-c4nc5c(-c6ccc(C(C)=O)s6)ccnc5[nH]4)c3c2)c1. The Hall–Kier alpha value is -4.48. The van der Waals surface area contributed by atoms with Crippen molar-refractivity contribution in [1.82, 2.24) is 35.1 Å². The molecule has 6 heterocycles. The lowest BCUT2D eigenvalue weighted by Gasteiger charge is -2.12. The summed E-state index contributed by atoms with van der Waals surface area (Å²) in [5, 5.41) is 21.2. The Labute approximate surface area is 214 Å². The van der Waals surface area contributed by atoms with E-state index in [0.717, 1.165) is 32.6 Å². The second-order valence-electron chi connectivity index (χ2n) is 8.58. The molecule has 4 N–H and O–H groups in total. The molecular formula is C26H22N8O2S. The van der Waals surface area contributed by atoms with Crippen molar-refractivity contribution in [2.24, 2.45) is 0 Å². The van der Waals surface area contributed by atoms with E-state index in [0.29, 0.717) is 39.6 Å². The van der Waals surface area contributed by atoms with Gasteiger partial charge in [0, 0.05) is 40.2 Å². The van der Waals surface area contributed by atoms with Gasteiger partial charge in [-0.25, -0.2) is 15.0 Å². The van der Waals surface area contributed by atoms with Gasteiger partial charge in [0.05, 0.1) is 22.1 Å². The number of anilines is 1. The maximum atomic E-state index is 11.8. The maximum Gasteiger partial charge on any atom is 0.169 e. The molecule has 0 bridgehead atoms. The Morgan fingerprint density at radius 2 is 1.97 bits per heavy atom. The number of thiophene rings is 1. The molecule has 0 saturated carbocycles. The number of aromatic nitrogens is 7. The molecule has 6 aromatic heterocycles. The Bertz CT molecular complexity index is 1770. The minimum Gasteiger partial charge on any atom is -0.374 e. The number of Topliss-reactive ketones (excluding diaryl/α,β-unsaturated/α-hetero) is 1. The summed E-state index contributed by atoms with van der Waals surface area (Å²) in [6.45, 7) is 3.46. The summed E-state index contributed by atoms with van der Waals surface area (Å²) >= 11 is 1.43. The van der Waals surface area contributed by atoms with Gasteiger partial charge in [0.15, 0.2) is 22.9 Å². The molecular weight excluding hydrogens is 488 g/mol. The van der Waals surface area contributed by atoms with E-state index in [-0.39, 0.29) is 5.78 Å². The highest BCUT2D eigenvalue weighted by atomic mass is 32.1. The van der Waals surface area contributed by atoms with Crippen LogP contribution in [0.15, 0.2) is 55.1 Å². The minimum atomic E-state index is -0.645. The monoisotopic (exact) mass is 510 g/mol. The van der Waals surface area contributed by atoms with E-state index in [1.54, 1.807) is 31.7 Å². The highest BCUT2D eigenvalue weighted by molar-refractivity contribution is 7.17. The lowest BCUT2D eigenvalue weighted by molar-refractivity contribution is 0.102. The fraction of sp³-hybridized carbons (Fsp3) is 0.154. The molecule has 1 unspecified atom stereocenters. The molecule has 1 atom stereocenters. The molecule has 10 nitrogen and oxygen atoms in total. The average molecular weight is 511 g/mol. The van der Waals surface area contributed by atoms with Crippen molar-refractivity contribution in [2.45, 2.75) is 26.5 Å². The number of carbonyl (C=O) groups excluding carboxylic acids is 1. The standard InChI is InChI=1S/C26H22N8O2S/c1-3-21(36)30-16-8-14(10-27-12-16)15-9-18-23(33-34-24(18)29-11-15)26-31-22-17(6-7-28-25(22)32-26)20-5-4-19(37-20)13(2)35/h4-12,21,30,36H,3H2,1-2H3,(H,28,31,32)(H,29,33,34). The molecule has 6 rings (SSSR count). The molecule has 0 aliphatic heterocycles. The lowest BCUT2D eigenvalue weighted by Crippen LogP contribution is -2.16. The van der Waals surface area contributed by atoms with Gasteiger partial charge in [0.1, 0.15) is 17.4 Å². The van der Waals surface area contributed by atoms with Crippen molar-refractivity contribution in [2.75, 3.05) is 5.32 Å². The van der Waals surface area contributed by atoms with Crippen molar-refractivity contribution in [1.29, 1.82) is 0 Å². The first kappa shape index (κ1) is 23.0. The van der Waals surface area contributed by atoms with Gasteiger partial charge in [0.2, 0.25) is 0 Å². The van der Waals surface area contributed by atoms with E-state index in [4.69, 9.17) is 4.98 Å². The number of rotatable bonds is 7. The van der Waals surface area contributed by atoms with Crippen LogP contribution in [-0.2, 0) is 0 Å². The summed E-state index contributed by atoms with van der Waals surface area (Å²) < 4.78 is 0. The minimum absolute atomic E-state index is 0.0358. The zero-order valence-electron chi connectivity index (χ0n) is 20.0. The number of nitrogens with zero attached hydrogens (tertiary/aromatic N) is 5. The summed E-state index contributed by atoms with van der Waals surface area (Å²) in [6, 6.07) is 9.56. The number of pyridine rings is 3. The van der Waals surface area contributed by atoms with Crippen LogP contribution in [0, 0.1) is 0 Å². The number of ketones is 1. The molecule has 0 fully saturated rings. The zero-order valence-corrected chi connectivity index (χ0v) is 20.8. The van der Waals surface area contributed by atoms with Crippen LogP contribution in [0.4, 0.5) is 5.69 Å². The van der Waals surface area contributed by atoms with Crippen molar-refractivity contribution in [3.8, 4) is 33.1 Å². The van der Waals surface area contributed by atoms with Gasteiger partial charge in [0.25, 0.3) is 0 Å². The van der Waals surface area contributed by atoms with Gasteiger partial charge in [-0.1, -0.05) is 6.92 Å². The van der Waals surface area contributed by atoms with Crippen LogP contribution in [0.5, 0.6) is 0 Å². The first-order chi connectivity index (χ1) is 18.0. The first-order valence-corrected chi connectivity index (χ1v) is 12.5. The number of imidazole rings is 1. The van der Waals surface area contributed by atoms with Crippen molar-refractivity contribution in [3.05, 3.63) is 60.0 Å². The van der Waals surface area contributed by atoms with Gasteiger partial charge >= 0.3 is 0 Å². The first-order valence-electron chi connectivity index (χ1n) is 11.7. The van der Waals surface area contributed by atoms with Crippen LogP contribution in [0.1, 0.15) is 29.9 Å². The number of hydrogen-bond donors (Lipinski definition) is 4. The Morgan fingerprint density at radius 1 is 1.11 bits per heavy atom. The molecule has 0 radical (unpaired) electrons. The molecule has 0 spiro atoms. The van der Waals surface area contributed by atoms with Gasteiger partial charge in [-0.3, -0.25) is 14.9 Å². The fourth-order valence-electron chi connectivity index (χ4n) is 4.11. The van der Waals surface area contributed by atoms with Crippen LogP contribution in [0.3, 0.4) is 0 Å². The molecule has 184 valence electrons. The Kier molecular flexibility index (Phi) is 5.70. The maximum absolute atomic E-state index is 11.8. The topological polar surface area (TPSA) is 145 Å². The summed E-state index contributed by atoms with van der Waals surface area (Å²) in [7, 11) is 0. The number of aromatic amines is 2. The zero-order chi connectivity index (χ0) is 25.5. The van der Waals surface area contributed by atoms with Gasteiger partial charge < -0.3 is 15.4 Å². The molecule has 37 heavy (non-hydrogen) atoms. The molecule has 0 amide bonds. The van der Waals surface area contributed by atoms with Crippen molar-refractivity contribution < 1.29 is 9.90 Å². The van der Waals surface area contributed by atoms with E-state index < -0.39 is 6.23 Å². The quantitative estimate of drug-likeness (QED) is 0.173. The number of hydrogen-bond acceptors (Lipinski definition) is 9. The van der Waals surface area contributed by atoms with Gasteiger partial charge in [-0.2, -0.15) is 5.10 Å². The van der Waals surface area contributed by atoms with Crippen LogP contribution >= 0.6 is 11.3 Å². The van der Waals surface area contributed by atoms with Gasteiger partial charge in [-0.05, 0) is 43.7 Å². The highest BCUT2D eigenvalue weighted by Crippen LogP contribution is 2.35. The Balaban J connectivity index is 1.41. The van der Waals surface area contributed by atoms with E-state index in [1.165, 1.54) is 11.3 Å². The molecule has 0 aliphatic carbocycles. The van der Waals surface area contributed by atoms with E-state index in [2.05, 4.69) is 35.5 Å². The molecule has 0 saturated heterocycles. The second-order valence-corrected chi connectivity index (χ2v) is 9.67. The highest BCUT2D eigenvalue weighted by Gasteiger charge is 2.18. The van der Waals surface area contributed by atoms with Crippen molar-refractivity contribution in [3.63, 3.8) is 0 Å². The predicted molar refractivity (Wildman–Crippen MR) is 143 cm³/mol. The van der Waals surface area contributed by atoms with E-state index in [9.17, 15) is 9.90 Å². The largest absolute Gasteiger partial charge is 0.374 e. The summed E-state index contributed by atoms with van der Waals surface area (Å²) in [5.74, 6) is 0.594. The molecule has 0 aliphatic rings.